The molecule has 6 nitrogen and oxygen atoms in total. The molecule has 2 saturated heterocycles. The second kappa shape index (κ2) is 5.51. The lowest BCUT2D eigenvalue weighted by Crippen LogP contribution is -2.46. The highest BCUT2D eigenvalue weighted by Gasteiger charge is 2.56. The molecule has 0 aliphatic carbocycles. The van der Waals surface area contributed by atoms with Gasteiger partial charge in [-0.1, -0.05) is 6.07 Å². The van der Waals surface area contributed by atoms with Gasteiger partial charge in [0.15, 0.2) is 11.6 Å². The maximum Gasteiger partial charge on any atom is 0.352 e. The lowest BCUT2D eigenvalue weighted by Gasteiger charge is -2.32. The zero-order valence-corrected chi connectivity index (χ0v) is 14.0. The monoisotopic (exact) mass is 361 g/mol. The molecule has 1 aromatic carbocycles. The number of morpholine rings is 1. The van der Waals surface area contributed by atoms with Crippen molar-refractivity contribution in [1.82, 2.24) is 9.55 Å². The van der Waals surface area contributed by atoms with E-state index in [9.17, 15) is 13.6 Å². The van der Waals surface area contributed by atoms with Gasteiger partial charge in [0.2, 0.25) is 5.88 Å². The molecule has 2 bridgehead atoms. The van der Waals surface area contributed by atoms with Gasteiger partial charge in [0.25, 0.3) is 0 Å². The summed E-state index contributed by atoms with van der Waals surface area (Å²) in [6, 6.07) is 5.53. The van der Waals surface area contributed by atoms with E-state index in [1.165, 1.54) is 6.07 Å². The summed E-state index contributed by atoms with van der Waals surface area (Å²) >= 11 is 0. The van der Waals surface area contributed by atoms with E-state index in [4.69, 9.17) is 9.47 Å². The van der Waals surface area contributed by atoms with Crippen molar-refractivity contribution in [3.63, 3.8) is 0 Å². The van der Waals surface area contributed by atoms with Crippen molar-refractivity contribution in [3.8, 4) is 5.88 Å². The van der Waals surface area contributed by atoms with Gasteiger partial charge < -0.3 is 14.4 Å². The fourth-order valence-corrected chi connectivity index (χ4v) is 4.23. The van der Waals surface area contributed by atoms with Crippen molar-refractivity contribution < 1.29 is 18.3 Å². The van der Waals surface area contributed by atoms with Gasteiger partial charge in [-0.3, -0.25) is 4.57 Å². The maximum absolute atomic E-state index is 13.2. The van der Waals surface area contributed by atoms with Crippen LogP contribution in [-0.2, 0) is 17.7 Å². The molecule has 0 saturated carbocycles. The predicted molar refractivity (Wildman–Crippen MR) is 88.5 cm³/mol. The second-order valence-corrected chi connectivity index (χ2v) is 7.14. The van der Waals surface area contributed by atoms with Crippen LogP contribution in [0, 0.1) is 11.6 Å². The largest absolute Gasteiger partial charge is 0.477 e. The number of hydrogen-bond acceptors (Lipinski definition) is 5. The molecule has 0 radical (unpaired) electrons. The lowest BCUT2D eigenvalue weighted by molar-refractivity contribution is 0.0856. The molecule has 0 amide bonds. The van der Waals surface area contributed by atoms with Crippen molar-refractivity contribution >= 4 is 5.82 Å². The SMILES string of the molecule is O=c1nc(OCCc2ccc(F)c(F)c2)cc2n1C[C@]13CO[C@H](CN21)C3. The third kappa shape index (κ3) is 2.32. The molecule has 3 aliphatic rings. The minimum Gasteiger partial charge on any atom is -0.477 e. The Hall–Kier alpha value is -2.48. The highest BCUT2D eigenvalue weighted by Crippen LogP contribution is 2.46. The van der Waals surface area contributed by atoms with Crippen LogP contribution in [0.25, 0.3) is 0 Å². The maximum atomic E-state index is 13.2. The number of ether oxygens (including phenoxy) is 2. The van der Waals surface area contributed by atoms with E-state index in [1.807, 2.05) is 0 Å². The second-order valence-electron chi connectivity index (χ2n) is 7.14. The molecule has 2 aromatic rings. The average molecular weight is 361 g/mol. The molecule has 2 fully saturated rings. The Kier molecular flexibility index (Phi) is 3.34. The Labute approximate surface area is 148 Å². The first-order valence-electron chi connectivity index (χ1n) is 8.62. The van der Waals surface area contributed by atoms with E-state index >= 15 is 0 Å². The summed E-state index contributed by atoms with van der Waals surface area (Å²) < 4.78 is 39.2. The molecule has 3 aliphatic heterocycles. The minimum atomic E-state index is -0.881. The molecule has 0 N–H and O–H groups in total. The van der Waals surface area contributed by atoms with Crippen molar-refractivity contribution in [2.75, 3.05) is 24.7 Å². The van der Waals surface area contributed by atoms with Crippen LogP contribution < -0.4 is 15.3 Å². The molecule has 4 heterocycles. The Morgan fingerprint density at radius 2 is 2.19 bits per heavy atom. The molecular formula is C18H17F2N3O3. The first-order valence-corrected chi connectivity index (χ1v) is 8.62. The van der Waals surface area contributed by atoms with Gasteiger partial charge in [0.05, 0.1) is 31.4 Å². The lowest BCUT2D eigenvalue weighted by atomic mass is 10.0. The molecule has 5 rings (SSSR count). The number of fused-ring (bicyclic) bond motifs is 3. The Balaban J connectivity index is 1.32. The highest BCUT2D eigenvalue weighted by atomic mass is 19.2. The van der Waals surface area contributed by atoms with Crippen molar-refractivity contribution in [2.24, 2.45) is 0 Å². The van der Waals surface area contributed by atoms with Gasteiger partial charge in [0.1, 0.15) is 5.82 Å². The fraction of sp³-hybridized carbons (Fsp3) is 0.444. The van der Waals surface area contributed by atoms with Gasteiger partial charge >= 0.3 is 5.69 Å². The highest BCUT2D eigenvalue weighted by molar-refractivity contribution is 5.52. The molecular weight excluding hydrogens is 344 g/mol. The summed E-state index contributed by atoms with van der Waals surface area (Å²) in [5, 5.41) is 0. The van der Waals surface area contributed by atoms with Gasteiger partial charge in [-0.15, -0.1) is 0 Å². The number of nitrogens with zero attached hydrogens (tertiary/aromatic N) is 3. The van der Waals surface area contributed by atoms with Crippen molar-refractivity contribution in [2.45, 2.75) is 31.0 Å². The summed E-state index contributed by atoms with van der Waals surface area (Å²) in [6.07, 6.45) is 1.55. The summed E-state index contributed by atoms with van der Waals surface area (Å²) in [4.78, 5) is 18.6. The third-order valence-corrected chi connectivity index (χ3v) is 5.47. The number of rotatable bonds is 4. The molecule has 2 atom stereocenters. The standard InChI is InChI=1S/C18H17F2N3O3/c19-13-2-1-11(5-14(13)20)3-4-25-15-6-16-22(17(24)21-15)9-18-7-12(26-10-18)8-23(16)18/h1-2,5-6,12H,3-4,7-10H2/t12-,18+/m0/s1. The predicted octanol–water partition coefficient (Wildman–Crippen LogP) is 1.50. The normalized spacial score (nSPS) is 25.5. The smallest absolute Gasteiger partial charge is 0.352 e. The zero-order chi connectivity index (χ0) is 17.9. The van der Waals surface area contributed by atoms with E-state index in [2.05, 4.69) is 9.88 Å². The average Bonchev–Trinajstić information content (AvgIpc) is 3.26. The number of anilines is 1. The van der Waals surface area contributed by atoms with Crippen molar-refractivity contribution in [1.29, 1.82) is 0 Å². The Morgan fingerprint density at radius 3 is 3.00 bits per heavy atom. The number of benzene rings is 1. The summed E-state index contributed by atoms with van der Waals surface area (Å²) in [7, 11) is 0. The first kappa shape index (κ1) is 15.7. The van der Waals surface area contributed by atoms with Crippen LogP contribution in [0.5, 0.6) is 5.88 Å². The van der Waals surface area contributed by atoms with Crippen molar-refractivity contribution in [3.05, 3.63) is 51.9 Å². The number of hydrogen-bond donors (Lipinski definition) is 0. The molecule has 1 spiro atoms. The van der Waals surface area contributed by atoms with Crippen LogP contribution in [0.4, 0.5) is 14.6 Å². The number of halogens is 2. The first-order chi connectivity index (χ1) is 12.5. The molecule has 26 heavy (non-hydrogen) atoms. The Morgan fingerprint density at radius 1 is 1.31 bits per heavy atom. The quantitative estimate of drug-likeness (QED) is 0.826. The number of aromatic nitrogens is 2. The van der Waals surface area contributed by atoms with E-state index in [1.54, 1.807) is 10.6 Å². The molecule has 1 aromatic heterocycles. The van der Waals surface area contributed by atoms with Crippen LogP contribution in [0.3, 0.4) is 0 Å². The van der Waals surface area contributed by atoms with Crippen LogP contribution >= 0.6 is 0 Å². The fourth-order valence-electron chi connectivity index (χ4n) is 4.23. The summed E-state index contributed by atoms with van der Waals surface area (Å²) in [5.41, 5.74) is 0.162. The third-order valence-electron chi connectivity index (χ3n) is 5.47. The zero-order valence-electron chi connectivity index (χ0n) is 14.0. The van der Waals surface area contributed by atoms with Gasteiger partial charge in [-0.25, -0.2) is 13.6 Å². The van der Waals surface area contributed by atoms with E-state index in [0.29, 0.717) is 25.1 Å². The van der Waals surface area contributed by atoms with Crippen LogP contribution in [0.15, 0.2) is 29.1 Å². The van der Waals surface area contributed by atoms with Gasteiger partial charge in [-0.05, 0) is 17.7 Å². The minimum absolute atomic E-state index is 0.122. The van der Waals surface area contributed by atoms with Crippen LogP contribution in [0.1, 0.15) is 12.0 Å². The summed E-state index contributed by atoms with van der Waals surface area (Å²) in [5.74, 6) is -0.683. The molecule has 8 heteroatoms. The van der Waals surface area contributed by atoms with Gasteiger partial charge in [0, 0.05) is 25.5 Å². The van der Waals surface area contributed by atoms with Crippen LogP contribution in [-0.4, -0.2) is 41.0 Å². The van der Waals surface area contributed by atoms with E-state index in [0.717, 1.165) is 30.9 Å². The van der Waals surface area contributed by atoms with E-state index < -0.39 is 11.6 Å². The Bertz CT molecular complexity index is 948. The molecule has 136 valence electrons. The van der Waals surface area contributed by atoms with Gasteiger partial charge in [-0.2, -0.15) is 4.98 Å². The molecule has 0 unspecified atom stereocenters. The van der Waals surface area contributed by atoms with Crippen LogP contribution in [0.2, 0.25) is 0 Å². The van der Waals surface area contributed by atoms with E-state index in [-0.39, 0.29) is 29.8 Å². The topological polar surface area (TPSA) is 56.6 Å². The summed E-state index contributed by atoms with van der Waals surface area (Å²) in [6.45, 7) is 2.22.